The SMILES string of the molecule is NS(=O)(=O)c1ccccc1CNC(=O)c1cnc(-c2ccccc2Cl)s1. The van der Waals surface area contributed by atoms with Crippen LogP contribution in [0.1, 0.15) is 15.2 Å². The van der Waals surface area contributed by atoms with Crippen LogP contribution < -0.4 is 10.5 Å². The van der Waals surface area contributed by atoms with Crippen LogP contribution >= 0.6 is 22.9 Å². The van der Waals surface area contributed by atoms with Gasteiger partial charge >= 0.3 is 0 Å². The fourth-order valence-electron chi connectivity index (χ4n) is 2.33. The van der Waals surface area contributed by atoms with Crippen LogP contribution in [-0.2, 0) is 16.6 Å². The number of sulfonamides is 1. The number of hydrogen-bond donors (Lipinski definition) is 2. The summed E-state index contributed by atoms with van der Waals surface area (Å²) in [5, 5.41) is 9.06. The van der Waals surface area contributed by atoms with E-state index in [-0.39, 0.29) is 17.3 Å². The second kappa shape index (κ2) is 7.55. The third-order valence-corrected chi connectivity index (χ3v) is 5.92. The van der Waals surface area contributed by atoms with Crippen LogP contribution in [0.15, 0.2) is 59.6 Å². The number of aromatic nitrogens is 1. The van der Waals surface area contributed by atoms with Gasteiger partial charge in [-0.25, -0.2) is 18.5 Å². The van der Waals surface area contributed by atoms with Crippen LogP contribution in [0.4, 0.5) is 0 Å². The molecule has 134 valence electrons. The number of primary sulfonamides is 1. The molecule has 0 radical (unpaired) electrons. The summed E-state index contributed by atoms with van der Waals surface area (Å²) in [5.74, 6) is -0.356. The van der Waals surface area contributed by atoms with E-state index in [0.29, 0.717) is 20.5 Å². The van der Waals surface area contributed by atoms with Gasteiger partial charge in [0.05, 0.1) is 16.1 Å². The van der Waals surface area contributed by atoms with Crippen molar-refractivity contribution in [1.82, 2.24) is 10.3 Å². The number of rotatable bonds is 5. The number of hydrogen-bond acceptors (Lipinski definition) is 5. The van der Waals surface area contributed by atoms with Crippen molar-refractivity contribution in [3.05, 3.63) is 70.2 Å². The van der Waals surface area contributed by atoms with E-state index in [9.17, 15) is 13.2 Å². The molecule has 0 atom stereocenters. The quantitative estimate of drug-likeness (QED) is 0.678. The first-order valence-electron chi connectivity index (χ1n) is 7.46. The van der Waals surface area contributed by atoms with Crippen LogP contribution in [0.5, 0.6) is 0 Å². The van der Waals surface area contributed by atoms with Crippen molar-refractivity contribution >= 4 is 38.9 Å². The molecule has 0 unspecified atom stereocenters. The van der Waals surface area contributed by atoms with Crippen LogP contribution in [0.25, 0.3) is 10.6 Å². The van der Waals surface area contributed by atoms with Gasteiger partial charge in [0.15, 0.2) is 0 Å². The summed E-state index contributed by atoms with van der Waals surface area (Å²) in [6.07, 6.45) is 1.46. The Morgan fingerprint density at radius 3 is 2.58 bits per heavy atom. The lowest BCUT2D eigenvalue weighted by Crippen LogP contribution is -2.24. The largest absolute Gasteiger partial charge is 0.347 e. The van der Waals surface area contributed by atoms with Gasteiger partial charge in [0.2, 0.25) is 10.0 Å². The van der Waals surface area contributed by atoms with Gasteiger partial charge in [-0.1, -0.05) is 48.0 Å². The Balaban J connectivity index is 1.76. The lowest BCUT2D eigenvalue weighted by atomic mass is 10.2. The Morgan fingerprint density at radius 1 is 1.15 bits per heavy atom. The Kier molecular flexibility index (Phi) is 5.38. The topological polar surface area (TPSA) is 102 Å². The number of amides is 1. The van der Waals surface area contributed by atoms with Crippen LogP contribution in [-0.4, -0.2) is 19.3 Å². The molecule has 1 amide bonds. The Labute approximate surface area is 159 Å². The molecular formula is C17H14ClN3O3S2. The average molecular weight is 408 g/mol. The van der Waals surface area contributed by atoms with Gasteiger partial charge in [-0.15, -0.1) is 11.3 Å². The van der Waals surface area contributed by atoms with Gasteiger partial charge in [0, 0.05) is 12.1 Å². The maximum atomic E-state index is 12.4. The first-order valence-corrected chi connectivity index (χ1v) is 10.2. The molecule has 6 nitrogen and oxygen atoms in total. The summed E-state index contributed by atoms with van der Waals surface area (Å²) < 4.78 is 23.2. The smallest absolute Gasteiger partial charge is 0.263 e. The molecule has 1 heterocycles. The number of benzene rings is 2. The Hall–Kier alpha value is -2.26. The highest BCUT2D eigenvalue weighted by atomic mass is 35.5. The predicted octanol–water partition coefficient (Wildman–Crippen LogP) is 3.04. The maximum Gasteiger partial charge on any atom is 0.263 e. The highest BCUT2D eigenvalue weighted by molar-refractivity contribution is 7.89. The number of carbonyl (C=O) groups excluding carboxylic acids is 1. The van der Waals surface area contributed by atoms with Crippen LogP contribution in [0.2, 0.25) is 5.02 Å². The number of halogens is 1. The van der Waals surface area contributed by atoms with Crippen molar-refractivity contribution in [2.75, 3.05) is 0 Å². The van der Waals surface area contributed by atoms with Gasteiger partial charge < -0.3 is 5.32 Å². The minimum atomic E-state index is -3.86. The second-order valence-electron chi connectivity index (χ2n) is 5.34. The Bertz CT molecular complexity index is 1060. The number of nitrogens with two attached hydrogens (primary N) is 1. The summed E-state index contributed by atoms with van der Waals surface area (Å²) in [7, 11) is -3.86. The molecule has 0 aliphatic heterocycles. The van der Waals surface area contributed by atoms with E-state index < -0.39 is 10.0 Å². The zero-order chi connectivity index (χ0) is 18.7. The zero-order valence-corrected chi connectivity index (χ0v) is 15.7. The van der Waals surface area contributed by atoms with Gasteiger partial charge in [-0.05, 0) is 17.7 Å². The van der Waals surface area contributed by atoms with Crippen molar-refractivity contribution in [2.24, 2.45) is 5.14 Å². The molecule has 0 fully saturated rings. The van der Waals surface area contributed by atoms with E-state index in [4.69, 9.17) is 16.7 Å². The van der Waals surface area contributed by atoms with Crippen molar-refractivity contribution in [1.29, 1.82) is 0 Å². The number of thiazole rings is 1. The van der Waals surface area contributed by atoms with E-state index >= 15 is 0 Å². The van der Waals surface area contributed by atoms with E-state index in [0.717, 1.165) is 5.56 Å². The summed E-state index contributed by atoms with van der Waals surface area (Å²) in [4.78, 5) is 17.0. The lowest BCUT2D eigenvalue weighted by molar-refractivity contribution is 0.0954. The molecule has 9 heteroatoms. The summed E-state index contributed by atoms with van der Waals surface area (Å²) in [6.45, 7) is 0.0325. The fraction of sp³-hybridized carbons (Fsp3) is 0.0588. The monoisotopic (exact) mass is 407 g/mol. The first-order chi connectivity index (χ1) is 12.4. The molecule has 0 aliphatic rings. The normalized spacial score (nSPS) is 11.3. The summed E-state index contributed by atoms with van der Waals surface area (Å²) in [6, 6.07) is 13.5. The molecule has 0 spiro atoms. The molecule has 26 heavy (non-hydrogen) atoms. The average Bonchev–Trinajstić information content (AvgIpc) is 3.09. The molecular weight excluding hydrogens is 394 g/mol. The van der Waals surface area contributed by atoms with Gasteiger partial charge in [-0.3, -0.25) is 4.79 Å². The van der Waals surface area contributed by atoms with Crippen LogP contribution in [0, 0.1) is 0 Å². The standard InChI is InChI=1S/C17H14ClN3O3S2/c18-13-7-3-2-6-12(13)17-21-10-14(25-17)16(22)20-9-11-5-1-4-8-15(11)26(19,23)24/h1-8,10H,9H2,(H,20,22)(H2,19,23,24). The molecule has 2 aromatic carbocycles. The van der Waals surface area contributed by atoms with Gasteiger partial charge in [0.1, 0.15) is 9.88 Å². The predicted molar refractivity (Wildman–Crippen MR) is 102 cm³/mol. The van der Waals surface area contributed by atoms with E-state index in [2.05, 4.69) is 10.3 Å². The highest BCUT2D eigenvalue weighted by Gasteiger charge is 2.16. The summed E-state index contributed by atoms with van der Waals surface area (Å²) >= 11 is 7.35. The van der Waals surface area contributed by atoms with Crippen molar-refractivity contribution < 1.29 is 13.2 Å². The highest BCUT2D eigenvalue weighted by Crippen LogP contribution is 2.30. The zero-order valence-electron chi connectivity index (χ0n) is 13.3. The van der Waals surface area contributed by atoms with Gasteiger partial charge in [0.25, 0.3) is 5.91 Å². The molecule has 0 saturated carbocycles. The van der Waals surface area contributed by atoms with E-state index in [1.807, 2.05) is 18.2 Å². The number of nitrogens with zero attached hydrogens (tertiary/aromatic N) is 1. The Morgan fingerprint density at radius 2 is 1.85 bits per heavy atom. The second-order valence-corrected chi connectivity index (χ2v) is 8.31. The van der Waals surface area contributed by atoms with Crippen molar-refractivity contribution in [3.8, 4) is 10.6 Å². The lowest BCUT2D eigenvalue weighted by Gasteiger charge is -2.08. The number of nitrogens with one attached hydrogen (secondary N) is 1. The fourth-order valence-corrected chi connectivity index (χ4v) is 4.26. The van der Waals surface area contributed by atoms with Crippen molar-refractivity contribution in [2.45, 2.75) is 11.4 Å². The van der Waals surface area contributed by atoms with Crippen molar-refractivity contribution in [3.63, 3.8) is 0 Å². The van der Waals surface area contributed by atoms with E-state index in [1.54, 1.807) is 24.3 Å². The molecule has 3 N–H and O–H groups in total. The molecule has 3 rings (SSSR count). The molecule has 0 bridgehead atoms. The number of carbonyl (C=O) groups is 1. The molecule has 0 saturated heterocycles. The van der Waals surface area contributed by atoms with Crippen LogP contribution in [0.3, 0.4) is 0 Å². The molecule has 1 aromatic heterocycles. The minimum Gasteiger partial charge on any atom is -0.347 e. The van der Waals surface area contributed by atoms with Gasteiger partial charge in [-0.2, -0.15) is 0 Å². The maximum absolute atomic E-state index is 12.4. The van der Waals surface area contributed by atoms with E-state index in [1.165, 1.54) is 23.6 Å². The third kappa shape index (κ3) is 4.10. The third-order valence-electron chi connectivity index (χ3n) is 3.55. The summed E-state index contributed by atoms with van der Waals surface area (Å²) in [5.41, 5.74) is 1.16. The first kappa shape index (κ1) is 18.5. The molecule has 3 aromatic rings. The molecule has 0 aliphatic carbocycles. The minimum absolute atomic E-state index is 0.0126.